The number of halogens is 1. The van der Waals surface area contributed by atoms with Gasteiger partial charge in [0.05, 0.1) is 0 Å². The first kappa shape index (κ1) is 14.3. The van der Waals surface area contributed by atoms with Crippen LogP contribution < -0.4 is 0 Å². The van der Waals surface area contributed by atoms with E-state index in [9.17, 15) is 4.48 Å². The van der Waals surface area contributed by atoms with Crippen LogP contribution in [0.1, 0.15) is 59.8 Å². The summed E-state index contributed by atoms with van der Waals surface area (Å²) in [5.41, 5.74) is 0.115. The van der Waals surface area contributed by atoms with Crippen molar-refractivity contribution in [2.45, 2.75) is 66.0 Å². The molecule has 0 aromatic carbocycles. The third kappa shape index (κ3) is 4.92. The topological polar surface area (TPSA) is 18.8 Å². The van der Waals surface area contributed by atoms with Gasteiger partial charge in [-0.25, -0.2) is 0 Å². The standard InChI is InChI=1S/C13H26FN3/c1-5-6-7-8-9-17-12(10-13(2,3)4)16(14)11-15-17/h11-12H,5-10H2,1-4H3. The maximum absolute atomic E-state index is 13.6. The van der Waals surface area contributed by atoms with E-state index in [1.54, 1.807) is 0 Å². The Morgan fingerprint density at radius 1 is 1.24 bits per heavy atom. The van der Waals surface area contributed by atoms with Crippen LogP contribution in [0.2, 0.25) is 0 Å². The van der Waals surface area contributed by atoms with Gasteiger partial charge >= 0.3 is 0 Å². The molecule has 0 aromatic heterocycles. The minimum atomic E-state index is -0.211. The zero-order valence-electron chi connectivity index (χ0n) is 11.6. The summed E-state index contributed by atoms with van der Waals surface area (Å²) in [6.07, 6.45) is 6.66. The fourth-order valence-corrected chi connectivity index (χ4v) is 2.04. The number of unbranched alkanes of at least 4 members (excludes halogenated alkanes) is 3. The van der Waals surface area contributed by atoms with E-state index >= 15 is 0 Å². The van der Waals surface area contributed by atoms with Crippen LogP contribution in [0, 0.1) is 5.41 Å². The molecular weight excluding hydrogens is 217 g/mol. The van der Waals surface area contributed by atoms with E-state index < -0.39 is 0 Å². The Balaban J connectivity index is 2.39. The molecule has 1 rings (SSSR count). The zero-order chi connectivity index (χ0) is 12.9. The monoisotopic (exact) mass is 243 g/mol. The van der Waals surface area contributed by atoms with E-state index in [4.69, 9.17) is 0 Å². The van der Waals surface area contributed by atoms with Gasteiger partial charge in [0.2, 0.25) is 0 Å². The molecular formula is C13H26FN3. The molecule has 0 aromatic rings. The van der Waals surface area contributed by atoms with Crippen molar-refractivity contribution in [1.29, 1.82) is 0 Å². The first-order valence-corrected chi connectivity index (χ1v) is 6.69. The van der Waals surface area contributed by atoms with Crippen LogP contribution in [0.4, 0.5) is 4.48 Å². The van der Waals surface area contributed by atoms with Gasteiger partial charge in [-0.05, 0) is 18.3 Å². The highest BCUT2D eigenvalue weighted by molar-refractivity contribution is 5.55. The molecule has 0 bridgehead atoms. The van der Waals surface area contributed by atoms with Crippen LogP contribution in [0.25, 0.3) is 0 Å². The minimum absolute atomic E-state index is 0.115. The normalized spacial score (nSPS) is 20.4. The number of nitrogens with zero attached hydrogens (tertiary/aromatic N) is 3. The van der Waals surface area contributed by atoms with E-state index in [0.29, 0.717) is 0 Å². The summed E-state index contributed by atoms with van der Waals surface area (Å²) in [5, 5.41) is 6.77. The van der Waals surface area contributed by atoms with Gasteiger partial charge in [-0.2, -0.15) is 10.2 Å². The third-order valence-electron chi connectivity index (χ3n) is 2.97. The Kier molecular flexibility index (Phi) is 5.22. The third-order valence-corrected chi connectivity index (χ3v) is 2.97. The Labute approximate surface area is 105 Å². The van der Waals surface area contributed by atoms with Crippen LogP contribution in [0.3, 0.4) is 0 Å². The lowest BCUT2D eigenvalue weighted by Crippen LogP contribution is -2.38. The van der Waals surface area contributed by atoms with Crippen molar-refractivity contribution >= 4 is 6.34 Å². The molecule has 0 amide bonds. The first-order chi connectivity index (χ1) is 7.94. The Hall–Kier alpha value is -0.800. The number of hydrogen-bond donors (Lipinski definition) is 0. The molecule has 0 saturated carbocycles. The highest BCUT2D eigenvalue weighted by atomic mass is 19.2. The zero-order valence-corrected chi connectivity index (χ0v) is 11.6. The molecule has 100 valence electrons. The Morgan fingerprint density at radius 2 is 1.94 bits per heavy atom. The van der Waals surface area contributed by atoms with E-state index in [-0.39, 0.29) is 11.6 Å². The van der Waals surface area contributed by atoms with Gasteiger partial charge in [0.25, 0.3) is 0 Å². The number of hydrazone groups is 1. The van der Waals surface area contributed by atoms with Gasteiger partial charge < -0.3 is 0 Å². The smallest absolute Gasteiger partial charge is 0.150 e. The summed E-state index contributed by atoms with van der Waals surface area (Å²) in [4.78, 5) is 0. The van der Waals surface area contributed by atoms with Gasteiger partial charge in [-0.1, -0.05) is 51.4 Å². The van der Waals surface area contributed by atoms with Gasteiger partial charge in [0.1, 0.15) is 12.5 Å². The SMILES string of the molecule is CCCCCCN1N=CN(F)C1CC(C)(C)C. The van der Waals surface area contributed by atoms with Gasteiger partial charge in [0.15, 0.2) is 0 Å². The van der Waals surface area contributed by atoms with Crippen LogP contribution in [0.5, 0.6) is 0 Å². The van der Waals surface area contributed by atoms with Crippen molar-refractivity contribution in [3.05, 3.63) is 0 Å². The van der Waals surface area contributed by atoms with Crippen molar-refractivity contribution in [3.63, 3.8) is 0 Å². The van der Waals surface area contributed by atoms with Gasteiger partial charge in [0, 0.05) is 6.54 Å². The second kappa shape index (κ2) is 6.22. The summed E-state index contributed by atoms with van der Waals surface area (Å²) < 4.78 is 13.6. The lowest BCUT2D eigenvalue weighted by molar-refractivity contribution is -0.0175. The predicted molar refractivity (Wildman–Crippen MR) is 70.1 cm³/mol. The summed E-state index contributed by atoms with van der Waals surface area (Å²) in [6.45, 7) is 9.45. The quantitative estimate of drug-likeness (QED) is 0.522. The summed E-state index contributed by atoms with van der Waals surface area (Å²) in [6, 6.07) is 0. The van der Waals surface area contributed by atoms with Crippen LogP contribution in [-0.4, -0.2) is 29.2 Å². The number of rotatable bonds is 6. The fraction of sp³-hybridized carbons (Fsp3) is 0.923. The molecule has 0 N–H and O–H groups in total. The highest BCUT2D eigenvalue weighted by Gasteiger charge is 2.31. The molecule has 0 spiro atoms. The van der Waals surface area contributed by atoms with E-state index in [1.807, 2.05) is 5.01 Å². The minimum Gasteiger partial charge on any atom is -0.270 e. The average Bonchev–Trinajstić information content (AvgIpc) is 2.54. The lowest BCUT2D eigenvalue weighted by atomic mass is 9.90. The number of hydrogen-bond acceptors (Lipinski definition) is 3. The van der Waals surface area contributed by atoms with Crippen molar-refractivity contribution in [2.75, 3.05) is 6.54 Å². The lowest BCUT2D eigenvalue weighted by Gasteiger charge is -2.30. The molecule has 17 heavy (non-hydrogen) atoms. The van der Waals surface area contributed by atoms with E-state index in [2.05, 4.69) is 32.8 Å². The molecule has 0 saturated heterocycles. The molecule has 1 aliphatic rings. The molecule has 1 heterocycles. The molecule has 1 unspecified atom stereocenters. The molecule has 3 nitrogen and oxygen atoms in total. The van der Waals surface area contributed by atoms with E-state index in [1.165, 1.54) is 25.6 Å². The summed E-state index contributed by atoms with van der Waals surface area (Å²) >= 11 is 0. The summed E-state index contributed by atoms with van der Waals surface area (Å²) in [5.74, 6) is 0. The second-order valence-electron chi connectivity index (χ2n) is 6.04. The fourth-order valence-electron chi connectivity index (χ4n) is 2.04. The highest BCUT2D eigenvalue weighted by Crippen LogP contribution is 2.28. The first-order valence-electron chi connectivity index (χ1n) is 6.69. The molecule has 4 heteroatoms. The molecule has 0 aliphatic carbocycles. The predicted octanol–water partition coefficient (Wildman–Crippen LogP) is 3.77. The second-order valence-corrected chi connectivity index (χ2v) is 6.04. The molecule has 0 radical (unpaired) electrons. The Bertz CT molecular complexity index is 248. The van der Waals surface area contributed by atoms with Gasteiger partial charge in [-0.15, -0.1) is 0 Å². The van der Waals surface area contributed by atoms with Gasteiger partial charge in [-0.3, -0.25) is 5.01 Å². The van der Waals surface area contributed by atoms with Crippen molar-refractivity contribution in [2.24, 2.45) is 10.5 Å². The average molecular weight is 243 g/mol. The molecule has 1 atom stereocenters. The van der Waals surface area contributed by atoms with Crippen molar-refractivity contribution in [3.8, 4) is 0 Å². The van der Waals surface area contributed by atoms with Crippen LogP contribution in [0.15, 0.2) is 5.10 Å². The van der Waals surface area contributed by atoms with E-state index in [0.717, 1.165) is 24.5 Å². The Morgan fingerprint density at radius 3 is 2.53 bits per heavy atom. The van der Waals surface area contributed by atoms with Crippen LogP contribution in [-0.2, 0) is 0 Å². The summed E-state index contributed by atoms with van der Waals surface area (Å²) in [7, 11) is 0. The molecule has 1 aliphatic heterocycles. The molecule has 0 fully saturated rings. The van der Waals surface area contributed by atoms with Crippen molar-refractivity contribution in [1.82, 2.24) is 10.1 Å². The maximum Gasteiger partial charge on any atom is 0.150 e. The largest absolute Gasteiger partial charge is 0.270 e. The van der Waals surface area contributed by atoms with Crippen LogP contribution >= 0.6 is 0 Å². The van der Waals surface area contributed by atoms with Crippen molar-refractivity contribution < 1.29 is 4.48 Å². The maximum atomic E-state index is 13.6.